The lowest BCUT2D eigenvalue weighted by Crippen LogP contribution is -2.24. The zero-order valence-electron chi connectivity index (χ0n) is 10.1. The second-order valence-corrected chi connectivity index (χ2v) is 5.33. The smallest absolute Gasteiger partial charge is 0.233 e. The Kier molecular flexibility index (Phi) is 5.24. The van der Waals surface area contributed by atoms with Crippen LogP contribution in [0.25, 0.3) is 0 Å². The highest BCUT2D eigenvalue weighted by Gasteiger charge is 2.09. The Hall–Kier alpha value is -1.27. The highest BCUT2D eigenvalue weighted by Crippen LogP contribution is 2.18. The Morgan fingerprint density at radius 3 is 2.76 bits per heavy atom. The molecule has 0 unspecified atom stereocenters. The molecule has 0 saturated heterocycles. The lowest BCUT2D eigenvalue weighted by molar-refractivity contribution is 0.340. The number of nitrogens with one attached hydrogen (secondary N) is 2. The molecule has 0 heterocycles. The maximum absolute atomic E-state index is 11.6. The van der Waals surface area contributed by atoms with Crippen molar-refractivity contribution < 1.29 is 13.2 Å². The summed E-state index contributed by atoms with van der Waals surface area (Å²) in [4.78, 5) is 0. The first-order valence-corrected chi connectivity index (χ1v) is 7.10. The predicted molar refractivity (Wildman–Crippen MR) is 68.9 cm³/mol. The van der Waals surface area contributed by atoms with E-state index in [1.807, 2.05) is 6.92 Å². The first-order chi connectivity index (χ1) is 8.07. The molecule has 0 amide bonds. The van der Waals surface area contributed by atoms with Gasteiger partial charge in [-0.15, -0.1) is 0 Å². The minimum absolute atomic E-state index is 0.0440. The Balaban J connectivity index is 2.70. The summed E-state index contributed by atoms with van der Waals surface area (Å²) in [6.07, 6.45) is 0. The third-order valence-corrected chi connectivity index (χ3v) is 3.33. The monoisotopic (exact) mass is 258 g/mol. The number of anilines is 1. The van der Waals surface area contributed by atoms with Crippen LogP contribution in [-0.4, -0.2) is 34.4 Å². The molecule has 17 heavy (non-hydrogen) atoms. The van der Waals surface area contributed by atoms with Crippen LogP contribution in [0.4, 0.5) is 5.69 Å². The van der Waals surface area contributed by atoms with E-state index in [0.717, 1.165) is 0 Å². The van der Waals surface area contributed by atoms with Gasteiger partial charge in [0.2, 0.25) is 10.0 Å². The van der Waals surface area contributed by atoms with Crippen LogP contribution in [0.1, 0.15) is 6.92 Å². The van der Waals surface area contributed by atoms with Gasteiger partial charge in [0.05, 0.1) is 18.0 Å². The molecule has 0 aliphatic heterocycles. The zero-order valence-corrected chi connectivity index (χ0v) is 10.9. The minimum Gasteiger partial charge on any atom is -0.494 e. The first-order valence-electron chi connectivity index (χ1n) is 5.45. The van der Waals surface area contributed by atoms with E-state index in [0.29, 0.717) is 24.6 Å². The molecule has 0 fully saturated rings. The van der Waals surface area contributed by atoms with Gasteiger partial charge in [0.25, 0.3) is 0 Å². The molecule has 1 rings (SSSR count). The van der Waals surface area contributed by atoms with Crippen LogP contribution in [0.3, 0.4) is 0 Å². The predicted octanol–water partition coefficient (Wildman–Crippen LogP) is 1.05. The topological polar surface area (TPSA) is 67.4 Å². The minimum atomic E-state index is -3.30. The standard InChI is InChI=1S/C11H18N2O3S/c1-3-16-11-6-4-5-10(9-11)13-17(14,15)8-7-12-2/h4-6,9,12-13H,3,7-8H2,1-2H3. The maximum atomic E-state index is 11.6. The summed E-state index contributed by atoms with van der Waals surface area (Å²) in [7, 11) is -1.58. The van der Waals surface area contributed by atoms with Crippen LogP contribution in [-0.2, 0) is 10.0 Å². The van der Waals surface area contributed by atoms with Gasteiger partial charge in [-0.1, -0.05) is 6.07 Å². The van der Waals surface area contributed by atoms with E-state index in [1.54, 1.807) is 31.3 Å². The molecule has 0 aromatic heterocycles. The molecule has 0 atom stereocenters. The van der Waals surface area contributed by atoms with E-state index in [4.69, 9.17) is 4.74 Å². The molecule has 0 saturated carbocycles. The van der Waals surface area contributed by atoms with Gasteiger partial charge in [0.1, 0.15) is 5.75 Å². The fourth-order valence-electron chi connectivity index (χ4n) is 1.28. The highest BCUT2D eigenvalue weighted by molar-refractivity contribution is 7.92. The van der Waals surface area contributed by atoms with Crippen LogP contribution in [0.15, 0.2) is 24.3 Å². The van der Waals surface area contributed by atoms with Crippen LogP contribution < -0.4 is 14.8 Å². The highest BCUT2D eigenvalue weighted by atomic mass is 32.2. The van der Waals surface area contributed by atoms with E-state index in [1.165, 1.54) is 0 Å². The lowest BCUT2D eigenvalue weighted by atomic mass is 10.3. The van der Waals surface area contributed by atoms with Gasteiger partial charge in [-0.05, 0) is 26.1 Å². The van der Waals surface area contributed by atoms with Crippen molar-refractivity contribution in [3.63, 3.8) is 0 Å². The van der Waals surface area contributed by atoms with Crippen molar-refractivity contribution in [3.05, 3.63) is 24.3 Å². The van der Waals surface area contributed by atoms with E-state index < -0.39 is 10.0 Å². The molecule has 0 bridgehead atoms. The van der Waals surface area contributed by atoms with E-state index >= 15 is 0 Å². The van der Waals surface area contributed by atoms with Crippen molar-refractivity contribution in [1.82, 2.24) is 5.32 Å². The molecular formula is C11H18N2O3S. The van der Waals surface area contributed by atoms with E-state index in [2.05, 4.69) is 10.0 Å². The Bertz CT molecular complexity index is 446. The fraction of sp³-hybridized carbons (Fsp3) is 0.455. The van der Waals surface area contributed by atoms with Crippen LogP contribution in [0, 0.1) is 0 Å². The molecule has 1 aromatic carbocycles. The lowest BCUT2D eigenvalue weighted by Gasteiger charge is -2.09. The van der Waals surface area contributed by atoms with Gasteiger partial charge in [0, 0.05) is 12.6 Å². The van der Waals surface area contributed by atoms with Crippen molar-refractivity contribution in [3.8, 4) is 5.75 Å². The summed E-state index contributed by atoms with van der Waals surface area (Å²) in [5.74, 6) is 0.698. The molecule has 2 N–H and O–H groups in total. The summed E-state index contributed by atoms with van der Waals surface area (Å²) in [6.45, 7) is 2.85. The van der Waals surface area contributed by atoms with Crippen LogP contribution >= 0.6 is 0 Å². The van der Waals surface area contributed by atoms with Crippen molar-refractivity contribution in [1.29, 1.82) is 0 Å². The largest absolute Gasteiger partial charge is 0.494 e. The average Bonchev–Trinajstić information content (AvgIpc) is 2.27. The van der Waals surface area contributed by atoms with Crippen molar-refractivity contribution in [2.75, 3.05) is 30.7 Å². The molecule has 0 radical (unpaired) electrons. The summed E-state index contributed by atoms with van der Waals surface area (Å²) in [5.41, 5.74) is 0.520. The van der Waals surface area contributed by atoms with Crippen LogP contribution in [0.5, 0.6) is 5.75 Å². The third-order valence-electron chi connectivity index (χ3n) is 2.04. The molecule has 0 aliphatic rings. The second-order valence-electron chi connectivity index (χ2n) is 3.49. The molecule has 6 heteroatoms. The van der Waals surface area contributed by atoms with Gasteiger partial charge in [-0.3, -0.25) is 4.72 Å². The van der Waals surface area contributed by atoms with Crippen molar-refractivity contribution in [2.45, 2.75) is 6.92 Å². The summed E-state index contributed by atoms with van der Waals surface area (Å²) < 4.78 is 31.1. The molecular weight excluding hydrogens is 240 g/mol. The molecule has 0 spiro atoms. The maximum Gasteiger partial charge on any atom is 0.233 e. The Labute approximate surface area is 102 Å². The second kappa shape index (κ2) is 6.46. The summed E-state index contributed by atoms with van der Waals surface area (Å²) in [5, 5.41) is 2.80. The zero-order chi connectivity index (χ0) is 12.7. The fourth-order valence-corrected chi connectivity index (χ4v) is 2.34. The number of hydrogen-bond donors (Lipinski definition) is 2. The average molecular weight is 258 g/mol. The Morgan fingerprint density at radius 2 is 2.12 bits per heavy atom. The quantitative estimate of drug-likeness (QED) is 0.767. The molecule has 0 aliphatic carbocycles. The van der Waals surface area contributed by atoms with Crippen molar-refractivity contribution >= 4 is 15.7 Å². The van der Waals surface area contributed by atoms with Gasteiger partial charge >= 0.3 is 0 Å². The number of ether oxygens (including phenoxy) is 1. The van der Waals surface area contributed by atoms with Gasteiger partial charge in [0.15, 0.2) is 0 Å². The summed E-state index contributed by atoms with van der Waals surface area (Å²) in [6, 6.07) is 6.90. The van der Waals surface area contributed by atoms with Gasteiger partial charge < -0.3 is 10.1 Å². The number of sulfonamides is 1. The van der Waals surface area contributed by atoms with Gasteiger partial charge in [-0.25, -0.2) is 8.42 Å². The number of benzene rings is 1. The summed E-state index contributed by atoms with van der Waals surface area (Å²) >= 11 is 0. The van der Waals surface area contributed by atoms with Gasteiger partial charge in [-0.2, -0.15) is 0 Å². The van der Waals surface area contributed by atoms with Crippen molar-refractivity contribution in [2.24, 2.45) is 0 Å². The third kappa shape index (κ3) is 5.06. The van der Waals surface area contributed by atoms with Crippen LogP contribution in [0.2, 0.25) is 0 Å². The SMILES string of the molecule is CCOc1cccc(NS(=O)(=O)CCNC)c1. The first kappa shape index (κ1) is 13.8. The number of rotatable bonds is 7. The molecule has 5 nitrogen and oxygen atoms in total. The number of hydrogen-bond acceptors (Lipinski definition) is 4. The normalized spacial score (nSPS) is 11.2. The van der Waals surface area contributed by atoms with E-state index in [-0.39, 0.29) is 5.75 Å². The Morgan fingerprint density at radius 1 is 1.35 bits per heavy atom. The molecule has 96 valence electrons. The van der Waals surface area contributed by atoms with E-state index in [9.17, 15) is 8.42 Å². The molecule has 1 aromatic rings.